The molecule has 5 rings (SSSR count). The first-order valence-corrected chi connectivity index (χ1v) is 11.5. The Morgan fingerprint density at radius 3 is 2.44 bits per heavy atom. The molecule has 3 aromatic rings. The zero-order valence-corrected chi connectivity index (χ0v) is 20.5. The van der Waals surface area contributed by atoms with Gasteiger partial charge in [0.2, 0.25) is 24.6 Å². The van der Waals surface area contributed by atoms with E-state index in [-0.39, 0.29) is 35.8 Å². The Balaban J connectivity index is 0.000000826. The number of nitro benzene ring substituents is 1. The Hall–Kier alpha value is -5.12. The molecule has 3 N–H and O–H groups in total. The van der Waals surface area contributed by atoms with Crippen molar-refractivity contribution in [2.75, 3.05) is 48.7 Å². The van der Waals surface area contributed by atoms with Gasteiger partial charge in [-0.3, -0.25) is 14.9 Å². The average Bonchev–Trinajstić information content (AvgIpc) is 3.37. The van der Waals surface area contributed by atoms with Crippen LogP contribution < -0.4 is 25.1 Å². The molecular formula is C23H23FN8O7. The number of rotatable bonds is 7. The van der Waals surface area contributed by atoms with Gasteiger partial charge in [0.25, 0.3) is 11.7 Å². The lowest BCUT2D eigenvalue weighted by atomic mass is 10.1. The highest BCUT2D eigenvalue weighted by molar-refractivity contribution is 5.87. The first-order chi connectivity index (χ1) is 18.8. The minimum Gasteiger partial charge on any atom is -0.481 e. The lowest BCUT2D eigenvalue weighted by molar-refractivity contribution is -0.385. The smallest absolute Gasteiger partial charge is 0.300 e. The van der Waals surface area contributed by atoms with Crippen LogP contribution in [0.1, 0.15) is 12.5 Å². The molecule has 0 unspecified atom stereocenters. The van der Waals surface area contributed by atoms with Gasteiger partial charge in [0.05, 0.1) is 36.0 Å². The lowest BCUT2D eigenvalue weighted by Crippen LogP contribution is -2.37. The molecule has 1 saturated heterocycles. The van der Waals surface area contributed by atoms with E-state index in [1.54, 1.807) is 12.1 Å². The highest BCUT2D eigenvalue weighted by atomic mass is 19.1. The fraction of sp³-hybridized carbons (Fsp3) is 0.261. The van der Waals surface area contributed by atoms with E-state index in [1.165, 1.54) is 30.5 Å². The van der Waals surface area contributed by atoms with Crippen molar-refractivity contribution in [2.24, 2.45) is 5.10 Å². The molecule has 2 aromatic carbocycles. The largest absolute Gasteiger partial charge is 0.481 e. The van der Waals surface area contributed by atoms with Crippen molar-refractivity contribution in [1.82, 2.24) is 15.0 Å². The van der Waals surface area contributed by atoms with E-state index in [1.807, 2.05) is 4.90 Å². The van der Waals surface area contributed by atoms with Crippen molar-refractivity contribution in [3.05, 3.63) is 57.9 Å². The molecule has 3 heterocycles. The third kappa shape index (κ3) is 7.45. The third-order valence-corrected chi connectivity index (χ3v) is 5.10. The zero-order chi connectivity index (χ0) is 27.8. The highest BCUT2D eigenvalue weighted by Crippen LogP contribution is 2.37. The number of hydrazone groups is 1. The minimum atomic E-state index is -0.833. The predicted octanol–water partition coefficient (Wildman–Crippen LogP) is 2.76. The summed E-state index contributed by atoms with van der Waals surface area (Å²) < 4.78 is 29.1. The number of anilines is 4. The first-order valence-electron chi connectivity index (χ1n) is 11.5. The fourth-order valence-electron chi connectivity index (χ4n) is 3.41. The van der Waals surface area contributed by atoms with Crippen molar-refractivity contribution in [1.29, 1.82) is 0 Å². The molecular weight excluding hydrogens is 519 g/mol. The number of aromatic nitrogens is 3. The number of halogens is 1. The summed E-state index contributed by atoms with van der Waals surface area (Å²) in [5, 5.41) is 26.0. The van der Waals surface area contributed by atoms with Crippen LogP contribution in [0.5, 0.6) is 11.5 Å². The molecule has 16 heteroatoms. The van der Waals surface area contributed by atoms with Crippen LogP contribution in [0.4, 0.5) is 33.6 Å². The normalized spacial score (nSPS) is 13.9. The predicted molar refractivity (Wildman–Crippen MR) is 136 cm³/mol. The first kappa shape index (κ1) is 26.9. The maximum atomic E-state index is 13.3. The van der Waals surface area contributed by atoms with Crippen LogP contribution in [0.2, 0.25) is 0 Å². The van der Waals surface area contributed by atoms with Gasteiger partial charge in [-0.2, -0.15) is 20.1 Å². The maximum absolute atomic E-state index is 13.3. The van der Waals surface area contributed by atoms with Crippen LogP contribution in [0.15, 0.2) is 41.5 Å². The third-order valence-electron chi connectivity index (χ3n) is 5.10. The number of aliphatic carboxylic acids is 1. The van der Waals surface area contributed by atoms with Crippen molar-refractivity contribution in [2.45, 2.75) is 6.92 Å². The zero-order valence-electron chi connectivity index (χ0n) is 20.5. The lowest BCUT2D eigenvalue weighted by Gasteiger charge is -2.27. The molecule has 0 bridgehead atoms. The number of benzene rings is 2. The van der Waals surface area contributed by atoms with E-state index in [0.717, 1.165) is 6.92 Å². The van der Waals surface area contributed by atoms with E-state index < -0.39 is 10.9 Å². The molecule has 1 aromatic heterocycles. The molecule has 15 nitrogen and oxygen atoms in total. The Labute approximate surface area is 220 Å². The second kappa shape index (κ2) is 12.4. The number of nitrogens with one attached hydrogen (secondary N) is 2. The molecule has 0 aliphatic carbocycles. The Morgan fingerprint density at radius 2 is 1.77 bits per heavy atom. The Bertz CT molecular complexity index is 1360. The molecule has 2 aliphatic rings. The van der Waals surface area contributed by atoms with E-state index in [2.05, 4.69) is 30.8 Å². The number of hydrogen-bond donors (Lipinski definition) is 3. The standard InChI is InChI=1S/C21H19FN8O5.C2H4O2/c22-14-1-3-15(4-2-14)24-19-25-20(27-21(26-19)29-5-7-33-8-6-29)28-23-11-13-9-17-18(35-12-34-17)10-16(13)30(31)32;1-2(3)4/h1-4,9-11H,5-8,12H2,(H2,24,25,26,27,28);1H3,(H,3,4). The molecule has 0 radical (unpaired) electrons. The van der Waals surface area contributed by atoms with E-state index in [4.69, 9.17) is 24.1 Å². The average molecular weight is 542 g/mol. The Morgan fingerprint density at radius 1 is 1.13 bits per heavy atom. The second-order valence-electron chi connectivity index (χ2n) is 7.92. The van der Waals surface area contributed by atoms with Gasteiger partial charge in [-0.05, 0) is 30.3 Å². The monoisotopic (exact) mass is 542 g/mol. The van der Waals surface area contributed by atoms with Crippen LogP contribution in [-0.4, -0.2) is 70.3 Å². The van der Waals surface area contributed by atoms with E-state index in [0.29, 0.717) is 49.4 Å². The van der Waals surface area contributed by atoms with Crippen LogP contribution >= 0.6 is 0 Å². The summed E-state index contributed by atoms with van der Waals surface area (Å²) in [4.78, 5) is 35.0. The summed E-state index contributed by atoms with van der Waals surface area (Å²) in [6.07, 6.45) is 1.27. The summed E-state index contributed by atoms with van der Waals surface area (Å²) >= 11 is 0. The van der Waals surface area contributed by atoms with Crippen molar-refractivity contribution in [3.63, 3.8) is 0 Å². The SMILES string of the molecule is CC(=O)O.O=[N+]([O-])c1cc2c(cc1C=NNc1nc(Nc3ccc(F)cc3)nc(N3CCOCC3)n1)OCO2. The van der Waals surface area contributed by atoms with Gasteiger partial charge in [-0.25, -0.2) is 9.82 Å². The van der Waals surface area contributed by atoms with Gasteiger partial charge in [0.1, 0.15) is 5.82 Å². The number of carboxylic acid groups (broad SMARTS) is 1. The molecule has 0 atom stereocenters. The molecule has 204 valence electrons. The topological polar surface area (TPSA) is 186 Å². The number of morpholine rings is 1. The number of fused-ring (bicyclic) bond motifs is 1. The summed E-state index contributed by atoms with van der Waals surface area (Å²) in [6.45, 7) is 3.31. The highest BCUT2D eigenvalue weighted by Gasteiger charge is 2.22. The van der Waals surface area contributed by atoms with Crippen molar-refractivity contribution >= 4 is 41.4 Å². The van der Waals surface area contributed by atoms with Crippen LogP contribution in [0.3, 0.4) is 0 Å². The quantitative estimate of drug-likeness (QED) is 0.225. The van der Waals surface area contributed by atoms with Crippen molar-refractivity contribution in [3.8, 4) is 11.5 Å². The summed E-state index contributed by atoms with van der Waals surface area (Å²) in [5.41, 5.74) is 3.29. The summed E-state index contributed by atoms with van der Waals surface area (Å²) in [5.74, 6) is 0.184. The molecule has 0 spiro atoms. The van der Waals surface area contributed by atoms with Gasteiger partial charge < -0.3 is 29.5 Å². The molecule has 0 amide bonds. The van der Waals surface area contributed by atoms with Gasteiger partial charge in [0.15, 0.2) is 11.5 Å². The number of hydrogen-bond acceptors (Lipinski definition) is 13. The summed E-state index contributed by atoms with van der Waals surface area (Å²) in [7, 11) is 0. The molecule has 0 saturated carbocycles. The number of carboxylic acids is 1. The Kier molecular flexibility index (Phi) is 8.57. The van der Waals surface area contributed by atoms with E-state index in [9.17, 15) is 14.5 Å². The molecule has 2 aliphatic heterocycles. The van der Waals surface area contributed by atoms with Gasteiger partial charge in [0, 0.05) is 25.7 Å². The number of ether oxygens (including phenoxy) is 3. The fourth-order valence-corrected chi connectivity index (χ4v) is 3.41. The molecule has 1 fully saturated rings. The second-order valence-corrected chi connectivity index (χ2v) is 7.92. The molecule has 39 heavy (non-hydrogen) atoms. The van der Waals surface area contributed by atoms with E-state index >= 15 is 0 Å². The van der Waals surface area contributed by atoms with Crippen molar-refractivity contribution < 1.29 is 33.4 Å². The van der Waals surface area contributed by atoms with Crippen LogP contribution in [-0.2, 0) is 9.53 Å². The van der Waals surface area contributed by atoms with Gasteiger partial charge >= 0.3 is 0 Å². The van der Waals surface area contributed by atoms with Gasteiger partial charge in [-0.1, -0.05) is 0 Å². The number of nitro groups is 1. The van der Waals surface area contributed by atoms with Gasteiger partial charge in [-0.15, -0.1) is 0 Å². The maximum Gasteiger partial charge on any atom is 0.300 e. The number of carbonyl (C=O) groups is 1. The van der Waals surface area contributed by atoms with Crippen LogP contribution in [0, 0.1) is 15.9 Å². The number of nitrogens with zero attached hydrogens (tertiary/aromatic N) is 6. The minimum absolute atomic E-state index is 0.00958. The van der Waals surface area contributed by atoms with Crippen LogP contribution in [0.25, 0.3) is 0 Å². The summed E-state index contributed by atoms with van der Waals surface area (Å²) in [6, 6.07) is 8.49.